The average molecular weight is 452 g/mol. The highest BCUT2D eigenvalue weighted by atomic mass is 79.9. The SMILES string of the molecule is COc1ccc(Br)c(C(=O)Nc2cccc(S(=O)(=O)NC3=NCCC3)c2)c1. The van der Waals surface area contributed by atoms with Crippen molar-refractivity contribution in [1.29, 1.82) is 0 Å². The van der Waals surface area contributed by atoms with E-state index in [0.29, 0.717) is 40.3 Å². The summed E-state index contributed by atoms with van der Waals surface area (Å²) in [6.07, 6.45) is 1.45. The van der Waals surface area contributed by atoms with E-state index in [0.717, 1.165) is 6.42 Å². The van der Waals surface area contributed by atoms with Gasteiger partial charge in [0.15, 0.2) is 0 Å². The molecule has 1 heterocycles. The van der Waals surface area contributed by atoms with Gasteiger partial charge in [-0.25, -0.2) is 8.42 Å². The number of carbonyl (C=O) groups excluding carboxylic acids is 1. The lowest BCUT2D eigenvalue weighted by molar-refractivity contribution is 0.102. The van der Waals surface area contributed by atoms with Crippen molar-refractivity contribution < 1.29 is 17.9 Å². The van der Waals surface area contributed by atoms with Crippen molar-refractivity contribution in [3.63, 3.8) is 0 Å². The first-order chi connectivity index (χ1) is 12.9. The molecule has 0 fully saturated rings. The number of nitrogens with one attached hydrogen (secondary N) is 2. The molecular formula is C18H18BrN3O4S. The number of hydrogen-bond donors (Lipinski definition) is 2. The van der Waals surface area contributed by atoms with Gasteiger partial charge in [-0.3, -0.25) is 14.5 Å². The number of carbonyl (C=O) groups is 1. The van der Waals surface area contributed by atoms with Gasteiger partial charge in [0.1, 0.15) is 11.6 Å². The molecule has 0 saturated heterocycles. The summed E-state index contributed by atoms with van der Waals surface area (Å²) in [6.45, 7) is 0.628. The first-order valence-corrected chi connectivity index (χ1v) is 10.5. The number of hydrogen-bond acceptors (Lipinski definition) is 5. The zero-order valence-corrected chi connectivity index (χ0v) is 16.9. The van der Waals surface area contributed by atoms with Gasteiger partial charge < -0.3 is 10.1 Å². The molecule has 3 rings (SSSR count). The van der Waals surface area contributed by atoms with Crippen LogP contribution in [0.4, 0.5) is 5.69 Å². The number of ether oxygens (including phenoxy) is 1. The molecule has 0 spiro atoms. The molecule has 0 unspecified atom stereocenters. The van der Waals surface area contributed by atoms with Gasteiger partial charge in [0, 0.05) is 23.1 Å². The Morgan fingerprint density at radius 2 is 2.04 bits per heavy atom. The molecular weight excluding hydrogens is 434 g/mol. The quantitative estimate of drug-likeness (QED) is 0.729. The Labute approximate surface area is 166 Å². The van der Waals surface area contributed by atoms with Gasteiger partial charge >= 0.3 is 0 Å². The third-order valence-electron chi connectivity index (χ3n) is 3.95. The summed E-state index contributed by atoms with van der Waals surface area (Å²) in [7, 11) is -2.23. The fraction of sp³-hybridized carbons (Fsp3) is 0.222. The van der Waals surface area contributed by atoms with Crippen LogP contribution in [0, 0.1) is 0 Å². The van der Waals surface area contributed by atoms with E-state index in [9.17, 15) is 13.2 Å². The van der Waals surface area contributed by atoms with E-state index < -0.39 is 10.0 Å². The fourth-order valence-electron chi connectivity index (χ4n) is 2.58. The summed E-state index contributed by atoms with van der Waals surface area (Å²) in [6, 6.07) is 11.1. The molecule has 1 amide bonds. The highest BCUT2D eigenvalue weighted by Gasteiger charge is 2.19. The smallest absolute Gasteiger partial charge is 0.262 e. The number of amides is 1. The second-order valence-electron chi connectivity index (χ2n) is 5.87. The van der Waals surface area contributed by atoms with Crippen LogP contribution in [0.5, 0.6) is 5.75 Å². The van der Waals surface area contributed by atoms with E-state index in [1.807, 2.05) is 0 Å². The number of anilines is 1. The second kappa shape index (κ2) is 8.10. The van der Waals surface area contributed by atoms with E-state index in [1.54, 1.807) is 30.3 Å². The van der Waals surface area contributed by atoms with E-state index in [1.165, 1.54) is 19.2 Å². The third-order valence-corrected chi connectivity index (χ3v) is 6.02. The van der Waals surface area contributed by atoms with Gasteiger partial charge in [-0.15, -0.1) is 0 Å². The maximum atomic E-state index is 12.6. The van der Waals surface area contributed by atoms with Crippen molar-refractivity contribution in [3.05, 3.63) is 52.5 Å². The van der Waals surface area contributed by atoms with Crippen LogP contribution >= 0.6 is 15.9 Å². The Bertz CT molecular complexity index is 1010. The number of amidine groups is 1. The van der Waals surface area contributed by atoms with Gasteiger partial charge in [-0.2, -0.15) is 0 Å². The minimum Gasteiger partial charge on any atom is -0.497 e. The van der Waals surface area contributed by atoms with Crippen LogP contribution in [0.15, 0.2) is 56.8 Å². The Morgan fingerprint density at radius 1 is 1.22 bits per heavy atom. The lowest BCUT2D eigenvalue weighted by Gasteiger charge is -2.11. The molecule has 0 aliphatic carbocycles. The summed E-state index contributed by atoms with van der Waals surface area (Å²) in [5.74, 6) is 0.620. The molecule has 0 bridgehead atoms. The Morgan fingerprint density at radius 3 is 2.74 bits per heavy atom. The van der Waals surface area contributed by atoms with Crippen LogP contribution in [0.2, 0.25) is 0 Å². The maximum absolute atomic E-state index is 12.6. The second-order valence-corrected chi connectivity index (χ2v) is 8.40. The summed E-state index contributed by atoms with van der Waals surface area (Å²) in [5, 5.41) is 2.71. The zero-order chi connectivity index (χ0) is 19.4. The van der Waals surface area contributed by atoms with Crippen molar-refractivity contribution in [2.75, 3.05) is 19.0 Å². The molecule has 142 valence electrons. The molecule has 0 aromatic heterocycles. The highest BCUT2D eigenvalue weighted by molar-refractivity contribution is 9.10. The van der Waals surface area contributed by atoms with Crippen molar-refractivity contribution in [1.82, 2.24) is 4.72 Å². The number of nitrogens with zero attached hydrogens (tertiary/aromatic N) is 1. The van der Waals surface area contributed by atoms with E-state index in [2.05, 4.69) is 31.0 Å². The fourth-order valence-corrected chi connectivity index (χ4v) is 4.14. The normalized spacial score (nSPS) is 13.8. The van der Waals surface area contributed by atoms with Gasteiger partial charge in [-0.05, 0) is 58.7 Å². The van der Waals surface area contributed by atoms with Gasteiger partial charge in [-0.1, -0.05) is 6.07 Å². The summed E-state index contributed by atoms with van der Waals surface area (Å²) in [4.78, 5) is 16.7. The maximum Gasteiger partial charge on any atom is 0.262 e. The van der Waals surface area contributed by atoms with Crippen molar-refractivity contribution in [2.45, 2.75) is 17.7 Å². The molecule has 0 atom stereocenters. The number of benzene rings is 2. The van der Waals surface area contributed by atoms with E-state index >= 15 is 0 Å². The van der Waals surface area contributed by atoms with Crippen molar-refractivity contribution in [2.24, 2.45) is 4.99 Å². The molecule has 7 nitrogen and oxygen atoms in total. The van der Waals surface area contributed by atoms with Crippen LogP contribution in [0.1, 0.15) is 23.2 Å². The predicted molar refractivity (Wildman–Crippen MR) is 107 cm³/mol. The average Bonchev–Trinajstić information content (AvgIpc) is 3.14. The van der Waals surface area contributed by atoms with E-state index in [4.69, 9.17) is 4.74 Å². The highest BCUT2D eigenvalue weighted by Crippen LogP contribution is 2.24. The zero-order valence-electron chi connectivity index (χ0n) is 14.5. The molecule has 0 saturated carbocycles. The van der Waals surface area contributed by atoms with Crippen LogP contribution in [0.3, 0.4) is 0 Å². The van der Waals surface area contributed by atoms with Crippen LogP contribution in [0.25, 0.3) is 0 Å². The molecule has 0 radical (unpaired) electrons. The summed E-state index contributed by atoms with van der Waals surface area (Å²) >= 11 is 3.33. The minimum absolute atomic E-state index is 0.0552. The van der Waals surface area contributed by atoms with Crippen molar-refractivity contribution in [3.8, 4) is 5.75 Å². The summed E-state index contributed by atoms with van der Waals surface area (Å²) in [5.41, 5.74) is 0.743. The predicted octanol–water partition coefficient (Wildman–Crippen LogP) is 3.18. The Balaban J connectivity index is 1.80. The van der Waals surface area contributed by atoms with Gasteiger partial charge in [0.25, 0.3) is 15.9 Å². The molecule has 2 aromatic rings. The molecule has 1 aliphatic rings. The Kier molecular flexibility index (Phi) is 5.81. The molecule has 2 aromatic carbocycles. The van der Waals surface area contributed by atoms with Gasteiger partial charge in [0.2, 0.25) is 0 Å². The molecule has 2 N–H and O–H groups in total. The lowest BCUT2D eigenvalue weighted by atomic mass is 10.2. The topological polar surface area (TPSA) is 96.9 Å². The van der Waals surface area contributed by atoms with Crippen LogP contribution < -0.4 is 14.8 Å². The molecule has 27 heavy (non-hydrogen) atoms. The largest absolute Gasteiger partial charge is 0.497 e. The lowest BCUT2D eigenvalue weighted by Crippen LogP contribution is -2.29. The minimum atomic E-state index is -3.75. The van der Waals surface area contributed by atoms with Crippen LogP contribution in [-0.4, -0.2) is 33.8 Å². The number of aliphatic imine (C=N–C) groups is 1. The van der Waals surface area contributed by atoms with Gasteiger partial charge in [0.05, 0.1) is 17.6 Å². The third kappa shape index (κ3) is 4.67. The standard InChI is InChI=1S/C18H18BrN3O4S/c1-26-13-7-8-16(19)15(11-13)18(23)21-12-4-2-5-14(10-12)27(24,25)22-17-6-3-9-20-17/h2,4-5,7-8,10-11H,3,6,9H2,1H3,(H,20,22)(H,21,23). The monoisotopic (exact) mass is 451 g/mol. The molecule has 9 heteroatoms. The Hall–Kier alpha value is -2.39. The summed E-state index contributed by atoms with van der Waals surface area (Å²) < 4.78 is 33.2. The van der Waals surface area contributed by atoms with E-state index in [-0.39, 0.29) is 10.8 Å². The number of halogens is 1. The first-order valence-electron chi connectivity index (χ1n) is 8.20. The van der Waals surface area contributed by atoms with Crippen LogP contribution in [-0.2, 0) is 10.0 Å². The number of sulfonamides is 1. The number of rotatable bonds is 5. The van der Waals surface area contributed by atoms with Crippen molar-refractivity contribution >= 4 is 43.4 Å². The number of methoxy groups -OCH3 is 1. The molecule has 1 aliphatic heterocycles. The first kappa shape index (κ1) is 19.4.